The predicted molar refractivity (Wildman–Crippen MR) is 112 cm³/mol. The third-order valence-electron chi connectivity index (χ3n) is 5.86. The third kappa shape index (κ3) is 6.15. The zero-order chi connectivity index (χ0) is 20.7. The number of amides is 1. The summed E-state index contributed by atoms with van der Waals surface area (Å²) < 4.78 is 32.2. The molecule has 2 heterocycles. The number of carbonyl (C=O) groups excluding carboxylic acids is 1. The van der Waals surface area contributed by atoms with Crippen LogP contribution in [0.2, 0.25) is 0 Å². The first-order chi connectivity index (χ1) is 14.0. The number of ether oxygens (including phenoxy) is 1. The number of hydrogen-bond acceptors (Lipinski definition) is 5. The van der Waals surface area contributed by atoms with Gasteiger partial charge in [-0.05, 0) is 51.0 Å². The number of aromatic nitrogens is 1. The van der Waals surface area contributed by atoms with Crippen LogP contribution < -0.4 is 10.1 Å². The fourth-order valence-electron chi connectivity index (χ4n) is 4.01. The van der Waals surface area contributed by atoms with Gasteiger partial charge in [-0.1, -0.05) is 19.4 Å². The normalized spacial score (nSPS) is 19.3. The summed E-state index contributed by atoms with van der Waals surface area (Å²) in [4.78, 5) is 17.0. The summed E-state index contributed by atoms with van der Waals surface area (Å²) in [5.74, 6) is 0.636. The smallest absolute Gasteiger partial charge is 0.223 e. The Morgan fingerprint density at radius 2 is 1.97 bits per heavy atom. The summed E-state index contributed by atoms with van der Waals surface area (Å²) in [5, 5.41) is 2.99. The van der Waals surface area contributed by atoms with Crippen molar-refractivity contribution in [2.75, 3.05) is 18.8 Å². The van der Waals surface area contributed by atoms with Gasteiger partial charge in [0.05, 0.1) is 5.75 Å². The lowest BCUT2D eigenvalue weighted by atomic mass is 9.97. The second-order valence-electron chi connectivity index (χ2n) is 8.05. The molecule has 1 aliphatic carbocycles. The molecule has 2 fully saturated rings. The minimum Gasteiger partial charge on any atom is -0.474 e. The van der Waals surface area contributed by atoms with Crippen LogP contribution in [-0.4, -0.2) is 48.6 Å². The number of pyridine rings is 1. The molecular formula is C21H33N3O4S. The number of unbranched alkanes of at least 4 members (excludes halogenated alkanes) is 1. The Morgan fingerprint density at radius 3 is 2.66 bits per heavy atom. The molecule has 29 heavy (non-hydrogen) atoms. The molecule has 2 aliphatic rings. The number of sulfonamides is 1. The Labute approximate surface area is 174 Å². The largest absolute Gasteiger partial charge is 0.474 e. The molecule has 1 aromatic heterocycles. The Kier molecular flexibility index (Phi) is 7.89. The van der Waals surface area contributed by atoms with Crippen molar-refractivity contribution < 1.29 is 17.9 Å². The van der Waals surface area contributed by atoms with E-state index in [9.17, 15) is 13.2 Å². The average Bonchev–Trinajstić information content (AvgIpc) is 3.24. The van der Waals surface area contributed by atoms with Crippen LogP contribution in [0.3, 0.4) is 0 Å². The van der Waals surface area contributed by atoms with Crippen molar-refractivity contribution in [2.45, 2.75) is 70.9 Å². The fraction of sp³-hybridized carbons (Fsp3) is 0.714. The van der Waals surface area contributed by atoms with E-state index in [0.717, 1.165) is 24.8 Å². The van der Waals surface area contributed by atoms with E-state index >= 15 is 0 Å². The lowest BCUT2D eigenvalue weighted by Crippen LogP contribution is -2.43. The summed E-state index contributed by atoms with van der Waals surface area (Å²) in [6, 6.07) is 3.78. The average molecular weight is 424 g/mol. The summed E-state index contributed by atoms with van der Waals surface area (Å²) in [6.07, 6.45) is 9.10. The van der Waals surface area contributed by atoms with Crippen molar-refractivity contribution in [3.63, 3.8) is 0 Å². The van der Waals surface area contributed by atoms with Crippen LogP contribution in [0.25, 0.3) is 0 Å². The first-order valence-corrected chi connectivity index (χ1v) is 12.5. The molecule has 1 aromatic rings. The van der Waals surface area contributed by atoms with Crippen molar-refractivity contribution in [2.24, 2.45) is 5.92 Å². The van der Waals surface area contributed by atoms with Gasteiger partial charge < -0.3 is 10.1 Å². The molecule has 0 aromatic carbocycles. The number of rotatable bonds is 9. The lowest BCUT2D eigenvalue weighted by molar-refractivity contribution is -0.126. The number of nitrogens with zero attached hydrogens (tertiary/aromatic N) is 2. The quantitative estimate of drug-likeness (QED) is 0.660. The van der Waals surface area contributed by atoms with Gasteiger partial charge in [0.15, 0.2) is 0 Å². The standard InChI is InChI=1S/C21H33N3O4S/c1-2-3-15-29(26,27)24-13-10-17(11-14-24)20(25)23-16-18-7-6-12-22-21(18)28-19-8-4-5-9-19/h6-7,12,17,19H,2-5,8-11,13-16H2,1H3,(H,23,25). The maximum absolute atomic E-state index is 12.6. The number of hydrogen-bond donors (Lipinski definition) is 1. The second-order valence-corrected chi connectivity index (χ2v) is 10.1. The second kappa shape index (κ2) is 10.4. The Balaban J connectivity index is 1.48. The Hall–Kier alpha value is -1.67. The highest BCUT2D eigenvalue weighted by Crippen LogP contribution is 2.25. The van der Waals surface area contributed by atoms with Crippen molar-refractivity contribution in [1.29, 1.82) is 0 Å². The van der Waals surface area contributed by atoms with E-state index in [0.29, 0.717) is 44.8 Å². The number of carbonyl (C=O) groups is 1. The molecule has 0 bridgehead atoms. The number of piperidine rings is 1. The predicted octanol–water partition coefficient (Wildman–Crippen LogP) is 2.86. The van der Waals surface area contributed by atoms with Crippen molar-refractivity contribution >= 4 is 15.9 Å². The number of nitrogens with one attached hydrogen (secondary N) is 1. The van der Waals surface area contributed by atoms with Gasteiger partial charge in [0.25, 0.3) is 0 Å². The Bertz CT molecular complexity index is 770. The van der Waals surface area contributed by atoms with Gasteiger partial charge in [0.1, 0.15) is 6.10 Å². The minimum absolute atomic E-state index is 0.0220. The van der Waals surface area contributed by atoms with Gasteiger partial charge in [-0.3, -0.25) is 4.79 Å². The first kappa shape index (κ1) is 22.0. The topological polar surface area (TPSA) is 88.6 Å². The minimum atomic E-state index is -3.19. The molecule has 7 nitrogen and oxygen atoms in total. The molecular weight excluding hydrogens is 390 g/mol. The molecule has 1 amide bonds. The molecule has 0 spiro atoms. The summed E-state index contributed by atoms with van der Waals surface area (Å²) >= 11 is 0. The maximum Gasteiger partial charge on any atom is 0.223 e. The molecule has 1 N–H and O–H groups in total. The van der Waals surface area contributed by atoms with E-state index in [1.807, 2.05) is 19.1 Å². The molecule has 1 aliphatic heterocycles. The van der Waals surface area contributed by atoms with Crippen LogP contribution in [0.5, 0.6) is 5.88 Å². The molecule has 162 valence electrons. The van der Waals surface area contributed by atoms with Gasteiger partial charge in [0.2, 0.25) is 21.8 Å². The zero-order valence-corrected chi connectivity index (χ0v) is 18.1. The lowest BCUT2D eigenvalue weighted by Gasteiger charge is -2.30. The zero-order valence-electron chi connectivity index (χ0n) is 17.3. The SMILES string of the molecule is CCCCS(=O)(=O)N1CCC(C(=O)NCc2cccnc2OC2CCCC2)CC1. The van der Waals surface area contributed by atoms with Crippen LogP contribution in [0.1, 0.15) is 63.9 Å². The van der Waals surface area contributed by atoms with E-state index in [-0.39, 0.29) is 23.7 Å². The van der Waals surface area contributed by atoms with E-state index in [1.54, 1.807) is 10.5 Å². The van der Waals surface area contributed by atoms with E-state index in [1.165, 1.54) is 12.8 Å². The van der Waals surface area contributed by atoms with Gasteiger partial charge in [-0.15, -0.1) is 0 Å². The molecule has 0 radical (unpaired) electrons. The molecule has 3 rings (SSSR count). The first-order valence-electron chi connectivity index (χ1n) is 10.9. The third-order valence-corrected chi connectivity index (χ3v) is 7.81. The molecule has 1 saturated heterocycles. The van der Waals surface area contributed by atoms with Crippen molar-refractivity contribution in [3.05, 3.63) is 23.9 Å². The van der Waals surface area contributed by atoms with Crippen LogP contribution >= 0.6 is 0 Å². The van der Waals surface area contributed by atoms with Crippen molar-refractivity contribution in [1.82, 2.24) is 14.6 Å². The molecule has 1 saturated carbocycles. The van der Waals surface area contributed by atoms with E-state index in [4.69, 9.17) is 4.74 Å². The van der Waals surface area contributed by atoms with Crippen LogP contribution in [0.4, 0.5) is 0 Å². The summed E-state index contributed by atoms with van der Waals surface area (Å²) in [7, 11) is -3.19. The maximum atomic E-state index is 12.6. The van der Waals surface area contributed by atoms with E-state index in [2.05, 4.69) is 10.3 Å². The highest BCUT2D eigenvalue weighted by molar-refractivity contribution is 7.89. The highest BCUT2D eigenvalue weighted by atomic mass is 32.2. The molecule has 8 heteroatoms. The van der Waals surface area contributed by atoms with Crippen molar-refractivity contribution in [3.8, 4) is 5.88 Å². The van der Waals surface area contributed by atoms with Gasteiger partial charge in [0, 0.05) is 37.3 Å². The Morgan fingerprint density at radius 1 is 1.24 bits per heavy atom. The van der Waals surface area contributed by atoms with Crippen LogP contribution in [0, 0.1) is 5.92 Å². The molecule has 0 unspecified atom stereocenters. The van der Waals surface area contributed by atoms with Gasteiger partial charge >= 0.3 is 0 Å². The van der Waals surface area contributed by atoms with Gasteiger partial charge in [-0.2, -0.15) is 0 Å². The summed E-state index contributed by atoms with van der Waals surface area (Å²) in [6.45, 7) is 3.21. The van der Waals surface area contributed by atoms with E-state index < -0.39 is 10.0 Å². The highest BCUT2D eigenvalue weighted by Gasteiger charge is 2.30. The van der Waals surface area contributed by atoms with Gasteiger partial charge in [-0.25, -0.2) is 17.7 Å². The monoisotopic (exact) mass is 423 g/mol. The summed E-state index contributed by atoms with van der Waals surface area (Å²) in [5.41, 5.74) is 0.882. The van der Waals surface area contributed by atoms with Crippen LogP contribution in [0.15, 0.2) is 18.3 Å². The van der Waals surface area contributed by atoms with Crippen LogP contribution in [-0.2, 0) is 21.4 Å². The fourth-order valence-corrected chi connectivity index (χ4v) is 5.69. The molecule has 0 atom stereocenters.